The molecule has 0 aliphatic heterocycles. The van der Waals surface area contributed by atoms with E-state index in [1.54, 1.807) is 0 Å². The van der Waals surface area contributed by atoms with Crippen LogP contribution in [0.25, 0.3) is 0 Å². The van der Waals surface area contributed by atoms with Crippen LogP contribution in [0.2, 0.25) is 0 Å². The molecule has 0 spiro atoms. The minimum absolute atomic E-state index is 0.322. The zero-order valence-electron chi connectivity index (χ0n) is 11.8. The number of alkyl carbamates (subject to hydrolysis) is 1. The van der Waals surface area contributed by atoms with Gasteiger partial charge >= 0.3 is 6.09 Å². The third kappa shape index (κ3) is 4.16. The Hall–Kier alpha value is -0.770. The zero-order chi connectivity index (χ0) is 13.2. The minimum atomic E-state index is -0.415. The monoisotopic (exact) mass is 254 g/mol. The normalized spacial score (nSPS) is 30.5. The molecule has 18 heavy (non-hydrogen) atoms. The van der Waals surface area contributed by atoms with Gasteiger partial charge in [-0.3, -0.25) is 0 Å². The van der Waals surface area contributed by atoms with Crippen molar-refractivity contribution in [2.75, 3.05) is 13.1 Å². The Balaban J connectivity index is 1.54. The van der Waals surface area contributed by atoms with Gasteiger partial charge in [-0.2, -0.15) is 0 Å². The van der Waals surface area contributed by atoms with E-state index in [2.05, 4.69) is 10.6 Å². The highest BCUT2D eigenvalue weighted by Crippen LogP contribution is 2.49. The van der Waals surface area contributed by atoms with Crippen LogP contribution in [0.1, 0.15) is 46.5 Å². The molecule has 2 N–H and O–H groups in total. The van der Waals surface area contributed by atoms with Gasteiger partial charge in [0.1, 0.15) is 5.60 Å². The largest absolute Gasteiger partial charge is 0.444 e. The van der Waals surface area contributed by atoms with Gasteiger partial charge in [0.2, 0.25) is 0 Å². The maximum Gasteiger partial charge on any atom is 0.407 e. The number of fused-ring (bicyclic) bond motifs is 1. The maximum absolute atomic E-state index is 11.4. The number of carbonyl (C=O) groups excluding carboxylic acids is 1. The molecular formula is C14H26N2O2. The predicted molar refractivity (Wildman–Crippen MR) is 71.5 cm³/mol. The summed E-state index contributed by atoms with van der Waals surface area (Å²) in [7, 11) is 0. The van der Waals surface area contributed by atoms with Crippen molar-refractivity contribution < 1.29 is 9.53 Å². The van der Waals surface area contributed by atoms with E-state index in [1.807, 2.05) is 20.8 Å². The number of ether oxygens (including phenoxy) is 1. The van der Waals surface area contributed by atoms with E-state index in [1.165, 1.54) is 25.7 Å². The second kappa shape index (κ2) is 5.47. The van der Waals surface area contributed by atoms with Gasteiger partial charge < -0.3 is 15.4 Å². The van der Waals surface area contributed by atoms with E-state index in [0.717, 1.165) is 18.4 Å². The Bertz CT molecular complexity index is 299. The van der Waals surface area contributed by atoms with Crippen LogP contribution in [0.4, 0.5) is 4.79 Å². The van der Waals surface area contributed by atoms with Gasteiger partial charge in [0.15, 0.2) is 0 Å². The molecule has 2 rings (SSSR count). The first-order valence-corrected chi connectivity index (χ1v) is 7.16. The molecule has 4 heteroatoms. The molecule has 3 atom stereocenters. The topological polar surface area (TPSA) is 50.4 Å². The first kappa shape index (κ1) is 13.7. The molecule has 0 bridgehead atoms. The summed E-state index contributed by atoms with van der Waals surface area (Å²) in [5, 5.41) is 6.34. The van der Waals surface area contributed by atoms with Crippen LogP contribution in [0.3, 0.4) is 0 Å². The Labute approximate surface area is 110 Å². The summed E-state index contributed by atoms with van der Waals surface area (Å²) >= 11 is 0. The van der Waals surface area contributed by atoms with Gasteiger partial charge in [0, 0.05) is 19.1 Å². The van der Waals surface area contributed by atoms with Crippen LogP contribution in [0.5, 0.6) is 0 Å². The highest BCUT2D eigenvalue weighted by Gasteiger charge is 2.44. The number of carbonyl (C=O) groups is 1. The van der Waals surface area contributed by atoms with Crippen LogP contribution >= 0.6 is 0 Å². The summed E-state index contributed by atoms with van der Waals surface area (Å²) in [4.78, 5) is 11.4. The van der Waals surface area contributed by atoms with E-state index in [9.17, 15) is 4.79 Å². The molecule has 2 fully saturated rings. The van der Waals surface area contributed by atoms with E-state index in [4.69, 9.17) is 4.74 Å². The predicted octanol–water partition coefficient (Wildman–Crippen LogP) is 2.29. The molecule has 2 saturated carbocycles. The lowest BCUT2D eigenvalue weighted by molar-refractivity contribution is 0.0527. The Kier molecular flexibility index (Phi) is 4.15. The molecule has 0 aromatic carbocycles. The molecule has 1 amide bonds. The van der Waals surface area contributed by atoms with Crippen molar-refractivity contribution in [2.24, 2.45) is 11.8 Å². The van der Waals surface area contributed by atoms with Gasteiger partial charge in [-0.05, 0) is 45.4 Å². The van der Waals surface area contributed by atoms with Crippen molar-refractivity contribution >= 4 is 6.09 Å². The van der Waals surface area contributed by atoms with E-state index in [-0.39, 0.29) is 6.09 Å². The number of nitrogens with one attached hydrogen (secondary N) is 2. The second-order valence-corrected chi connectivity index (χ2v) is 6.58. The van der Waals surface area contributed by atoms with E-state index < -0.39 is 5.60 Å². The second-order valence-electron chi connectivity index (χ2n) is 6.58. The molecule has 4 nitrogen and oxygen atoms in total. The van der Waals surface area contributed by atoms with Crippen molar-refractivity contribution in [3.63, 3.8) is 0 Å². The average Bonchev–Trinajstić information content (AvgIpc) is 3.01. The molecule has 1 unspecified atom stereocenters. The van der Waals surface area contributed by atoms with E-state index in [0.29, 0.717) is 12.6 Å². The van der Waals surface area contributed by atoms with Crippen LogP contribution < -0.4 is 10.6 Å². The first-order valence-electron chi connectivity index (χ1n) is 7.16. The summed E-state index contributed by atoms with van der Waals surface area (Å²) < 4.78 is 5.18. The number of hydrogen-bond donors (Lipinski definition) is 2. The fourth-order valence-electron chi connectivity index (χ4n) is 2.90. The Morgan fingerprint density at radius 1 is 1.28 bits per heavy atom. The molecule has 104 valence electrons. The molecule has 2 aliphatic rings. The lowest BCUT2D eigenvalue weighted by Gasteiger charge is -2.23. The highest BCUT2D eigenvalue weighted by molar-refractivity contribution is 5.67. The maximum atomic E-state index is 11.4. The summed E-state index contributed by atoms with van der Waals surface area (Å²) in [6.07, 6.45) is 5.18. The van der Waals surface area contributed by atoms with Crippen molar-refractivity contribution in [1.82, 2.24) is 10.6 Å². The standard InChI is InChI=1S/C14H26N2O2/c1-14(2,3)18-13(17)16-8-7-15-12-6-4-5-10-9-11(10)12/h10-12,15H,4-9H2,1-3H3,(H,16,17)/t10-,11+,12?/m1/s1. The van der Waals surface area contributed by atoms with Gasteiger partial charge in [0.25, 0.3) is 0 Å². The third-order valence-corrected chi connectivity index (χ3v) is 3.78. The van der Waals surface area contributed by atoms with Crippen LogP contribution in [0, 0.1) is 11.8 Å². The minimum Gasteiger partial charge on any atom is -0.444 e. The average molecular weight is 254 g/mol. The van der Waals surface area contributed by atoms with Crippen molar-refractivity contribution in [3.05, 3.63) is 0 Å². The van der Waals surface area contributed by atoms with Crippen LogP contribution in [-0.2, 0) is 4.74 Å². The Morgan fingerprint density at radius 3 is 2.78 bits per heavy atom. The van der Waals surface area contributed by atoms with Crippen molar-refractivity contribution in [1.29, 1.82) is 0 Å². The van der Waals surface area contributed by atoms with E-state index >= 15 is 0 Å². The SMILES string of the molecule is CC(C)(C)OC(=O)NCCNC1CCC[C@@H]2C[C@H]12. The number of amides is 1. The fraction of sp³-hybridized carbons (Fsp3) is 0.929. The summed E-state index contributed by atoms with van der Waals surface area (Å²) in [6, 6.07) is 0.684. The first-order chi connectivity index (χ1) is 8.46. The van der Waals surface area contributed by atoms with Gasteiger partial charge in [0.05, 0.1) is 0 Å². The zero-order valence-corrected chi connectivity index (χ0v) is 11.8. The van der Waals surface area contributed by atoms with Gasteiger partial charge in [-0.25, -0.2) is 4.79 Å². The van der Waals surface area contributed by atoms with Crippen LogP contribution in [-0.4, -0.2) is 30.8 Å². The summed E-state index contributed by atoms with van der Waals surface area (Å²) in [5.41, 5.74) is -0.415. The van der Waals surface area contributed by atoms with Crippen molar-refractivity contribution in [2.45, 2.75) is 58.1 Å². The lowest BCUT2D eigenvalue weighted by Crippen LogP contribution is -2.40. The lowest BCUT2D eigenvalue weighted by atomic mass is 9.95. The van der Waals surface area contributed by atoms with Gasteiger partial charge in [-0.15, -0.1) is 0 Å². The molecular weight excluding hydrogens is 228 g/mol. The molecule has 0 radical (unpaired) electrons. The molecule has 0 aromatic heterocycles. The van der Waals surface area contributed by atoms with Gasteiger partial charge in [-0.1, -0.05) is 12.8 Å². The van der Waals surface area contributed by atoms with Crippen molar-refractivity contribution in [3.8, 4) is 0 Å². The third-order valence-electron chi connectivity index (χ3n) is 3.78. The molecule has 0 heterocycles. The Morgan fingerprint density at radius 2 is 2.06 bits per heavy atom. The number of rotatable bonds is 4. The number of hydrogen-bond acceptors (Lipinski definition) is 3. The highest BCUT2D eigenvalue weighted by atomic mass is 16.6. The summed E-state index contributed by atoms with van der Waals surface area (Å²) in [6.45, 7) is 7.11. The molecule has 0 aromatic rings. The quantitative estimate of drug-likeness (QED) is 0.757. The fourth-order valence-corrected chi connectivity index (χ4v) is 2.90. The molecule has 2 aliphatic carbocycles. The smallest absolute Gasteiger partial charge is 0.407 e. The van der Waals surface area contributed by atoms with Crippen LogP contribution in [0.15, 0.2) is 0 Å². The molecule has 0 saturated heterocycles. The summed E-state index contributed by atoms with van der Waals surface area (Å²) in [5.74, 6) is 1.91.